The van der Waals surface area contributed by atoms with E-state index in [1.165, 1.54) is 0 Å². The number of carbonyl (C=O) groups is 1. The van der Waals surface area contributed by atoms with Crippen LogP contribution in [-0.2, 0) is 6.42 Å². The van der Waals surface area contributed by atoms with E-state index in [0.29, 0.717) is 23.3 Å². The summed E-state index contributed by atoms with van der Waals surface area (Å²) < 4.78 is 5.89. The van der Waals surface area contributed by atoms with E-state index in [9.17, 15) is 9.90 Å². The number of aromatic nitrogens is 1. The Hall–Kier alpha value is -4.01. The molecule has 1 atom stereocenters. The van der Waals surface area contributed by atoms with Crippen molar-refractivity contribution in [3.63, 3.8) is 0 Å². The van der Waals surface area contributed by atoms with Crippen LogP contribution in [0.15, 0.2) is 79.0 Å². The van der Waals surface area contributed by atoms with E-state index < -0.39 is 6.04 Å². The molecule has 0 spiro atoms. The van der Waals surface area contributed by atoms with Crippen molar-refractivity contribution in [2.24, 2.45) is 0 Å². The smallest absolute Gasteiger partial charge is 0.255 e. The summed E-state index contributed by atoms with van der Waals surface area (Å²) in [5.74, 6) is 6.42. The number of hydrogen-bond acceptors (Lipinski definition) is 3. The van der Waals surface area contributed by atoms with E-state index in [0.717, 1.165) is 22.0 Å². The van der Waals surface area contributed by atoms with Gasteiger partial charge in [0.1, 0.15) is 5.75 Å². The molecule has 3 aromatic carbocycles. The van der Waals surface area contributed by atoms with Crippen molar-refractivity contribution in [3.05, 3.63) is 101 Å². The second-order valence-corrected chi connectivity index (χ2v) is 8.41. The lowest BCUT2D eigenvalue weighted by atomic mass is 10.0. The third-order valence-electron chi connectivity index (χ3n) is 5.41. The Morgan fingerprint density at radius 2 is 1.74 bits per heavy atom. The summed E-state index contributed by atoms with van der Waals surface area (Å²) >= 11 is 0. The minimum absolute atomic E-state index is 0.0901. The molecule has 5 heteroatoms. The predicted octanol–water partition coefficient (Wildman–Crippen LogP) is 4.69. The molecule has 3 N–H and O–H groups in total. The maximum absolute atomic E-state index is 13.3. The van der Waals surface area contributed by atoms with Crippen molar-refractivity contribution in [2.45, 2.75) is 32.4 Å². The standard InChI is InChI=1S/C29H28N2O3/c1-20(2)34-28-15-14-22(13-12-21-8-4-3-5-9-21)16-26(28)29(33)31-24(19-32)17-23-18-30-27-11-7-6-10-25(23)27/h3-11,14-16,18,20,24,30,32H,17,19H2,1-2H3,(H,31,33). The molecule has 4 rings (SSSR count). The average Bonchev–Trinajstić information content (AvgIpc) is 3.26. The number of H-pyrrole nitrogens is 1. The molecule has 34 heavy (non-hydrogen) atoms. The first-order valence-corrected chi connectivity index (χ1v) is 11.4. The topological polar surface area (TPSA) is 74.3 Å². The summed E-state index contributed by atoms with van der Waals surface area (Å²) in [6.07, 6.45) is 2.33. The fraction of sp³-hybridized carbons (Fsp3) is 0.207. The molecule has 0 radical (unpaired) electrons. The number of benzene rings is 3. The lowest BCUT2D eigenvalue weighted by Gasteiger charge is -2.19. The first-order chi connectivity index (χ1) is 16.5. The molecule has 0 aliphatic rings. The largest absolute Gasteiger partial charge is 0.490 e. The Morgan fingerprint density at radius 3 is 2.50 bits per heavy atom. The highest BCUT2D eigenvalue weighted by molar-refractivity contribution is 5.97. The monoisotopic (exact) mass is 452 g/mol. The first kappa shape index (κ1) is 23.2. The molecule has 0 saturated carbocycles. The van der Waals surface area contributed by atoms with E-state index in [1.807, 2.05) is 80.7 Å². The number of nitrogens with one attached hydrogen (secondary N) is 2. The molecule has 1 unspecified atom stereocenters. The summed E-state index contributed by atoms with van der Waals surface area (Å²) in [7, 11) is 0. The minimum Gasteiger partial charge on any atom is -0.490 e. The van der Waals surface area contributed by atoms with Crippen LogP contribution < -0.4 is 10.1 Å². The molecule has 0 bridgehead atoms. The molecule has 1 aromatic heterocycles. The van der Waals surface area contributed by atoms with Crippen LogP contribution in [0.3, 0.4) is 0 Å². The van der Waals surface area contributed by atoms with Crippen LogP contribution in [0.5, 0.6) is 5.75 Å². The minimum atomic E-state index is -0.447. The van der Waals surface area contributed by atoms with E-state index >= 15 is 0 Å². The molecule has 0 aliphatic carbocycles. The molecule has 172 valence electrons. The van der Waals surface area contributed by atoms with Crippen molar-refractivity contribution in [1.82, 2.24) is 10.3 Å². The van der Waals surface area contributed by atoms with Gasteiger partial charge in [-0.1, -0.05) is 48.2 Å². The van der Waals surface area contributed by atoms with Gasteiger partial charge in [0, 0.05) is 28.2 Å². The normalized spacial score (nSPS) is 11.6. The third kappa shape index (κ3) is 5.67. The van der Waals surface area contributed by atoms with Gasteiger partial charge in [0.05, 0.1) is 24.3 Å². The SMILES string of the molecule is CC(C)Oc1ccc(C#Cc2ccccc2)cc1C(=O)NC(CO)Cc1c[nH]c2ccccc12. The van der Waals surface area contributed by atoms with Gasteiger partial charge < -0.3 is 20.1 Å². The molecule has 1 heterocycles. The summed E-state index contributed by atoms with van der Waals surface area (Å²) in [5.41, 5.74) is 4.07. The van der Waals surface area contributed by atoms with Crippen molar-refractivity contribution in [2.75, 3.05) is 6.61 Å². The Labute approximate surface area is 199 Å². The van der Waals surface area contributed by atoms with Crippen molar-refractivity contribution in [3.8, 4) is 17.6 Å². The number of aliphatic hydroxyl groups excluding tert-OH is 1. The van der Waals surface area contributed by atoms with Gasteiger partial charge in [-0.05, 0) is 62.2 Å². The number of para-hydroxylation sites is 1. The number of fused-ring (bicyclic) bond motifs is 1. The molecule has 1 amide bonds. The molecular weight excluding hydrogens is 424 g/mol. The van der Waals surface area contributed by atoms with Gasteiger partial charge in [-0.15, -0.1) is 0 Å². The van der Waals surface area contributed by atoms with Gasteiger partial charge in [-0.2, -0.15) is 0 Å². The highest BCUT2D eigenvalue weighted by Gasteiger charge is 2.19. The van der Waals surface area contributed by atoms with Crippen LogP contribution in [0.25, 0.3) is 10.9 Å². The lowest BCUT2D eigenvalue weighted by molar-refractivity contribution is 0.0910. The Morgan fingerprint density at radius 1 is 1.00 bits per heavy atom. The molecule has 5 nitrogen and oxygen atoms in total. The molecule has 0 saturated heterocycles. The second kappa shape index (κ2) is 10.7. The van der Waals surface area contributed by atoms with E-state index in [2.05, 4.69) is 22.1 Å². The summed E-state index contributed by atoms with van der Waals surface area (Å²) in [6, 6.07) is 22.6. The fourth-order valence-electron chi connectivity index (χ4n) is 3.80. The number of amides is 1. The number of ether oxygens (including phenoxy) is 1. The summed E-state index contributed by atoms with van der Waals surface area (Å²) in [5, 5.41) is 14.0. The highest BCUT2D eigenvalue weighted by Crippen LogP contribution is 2.23. The van der Waals surface area contributed by atoms with Crippen LogP contribution in [-0.4, -0.2) is 34.8 Å². The fourth-order valence-corrected chi connectivity index (χ4v) is 3.80. The van der Waals surface area contributed by atoms with Crippen molar-refractivity contribution in [1.29, 1.82) is 0 Å². The third-order valence-corrected chi connectivity index (χ3v) is 5.41. The van der Waals surface area contributed by atoms with Gasteiger partial charge >= 0.3 is 0 Å². The zero-order chi connectivity index (χ0) is 23.9. The molecule has 0 aliphatic heterocycles. The van der Waals surface area contributed by atoms with Gasteiger partial charge in [0.25, 0.3) is 5.91 Å². The average molecular weight is 453 g/mol. The number of aliphatic hydroxyl groups is 1. The van der Waals surface area contributed by atoms with E-state index in [-0.39, 0.29) is 18.6 Å². The second-order valence-electron chi connectivity index (χ2n) is 8.41. The van der Waals surface area contributed by atoms with Gasteiger partial charge in [-0.25, -0.2) is 0 Å². The molecular formula is C29H28N2O3. The van der Waals surface area contributed by atoms with Crippen molar-refractivity contribution < 1.29 is 14.6 Å². The highest BCUT2D eigenvalue weighted by atomic mass is 16.5. The van der Waals surface area contributed by atoms with E-state index in [1.54, 1.807) is 12.1 Å². The summed E-state index contributed by atoms with van der Waals surface area (Å²) in [4.78, 5) is 16.5. The van der Waals surface area contributed by atoms with Crippen LogP contribution in [0.1, 0.15) is 40.9 Å². The van der Waals surface area contributed by atoms with Crippen LogP contribution in [0.2, 0.25) is 0 Å². The van der Waals surface area contributed by atoms with Crippen LogP contribution in [0.4, 0.5) is 0 Å². The Kier molecular flexibility index (Phi) is 7.31. The molecule has 0 fully saturated rings. The summed E-state index contributed by atoms with van der Waals surface area (Å²) in [6.45, 7) is 3.65. The Balaban J connectivity index is 1.57. The zero-order valence-corrected chi connectivity index (χ0v) is 19.3. The van der Waals surface area contributed by atoms with Gasteiger partial charge in [-0.3, -0.25) is 4.79 Å². The number of aromatic amines is 1. The maximum atomic E-state index is 13.3. The van der Waals surface area contributed by atoms with Gasteiger partial charge in [0.2, 0.25) is 0 Å². The van der Waals surface area contributed by atoms with Gasteiger partial charge in [0.15, 0.2) is 0 Å². The molecule has 4 aromatic rings. The lowest BCUT2D eigenvalue weighted by Crippen LogP contribution is -2.39. The number of carbonyl (C=O) groups excluding carboxylic acids is 1. The quantitative estimate of drug-likeness (QED) is 0.356. The maximum Gasteiger partial charge on any atom is 0.255 e. The number of rotatable bonds is 7. The van der Waals surface area contributed by atoms with Crippen LogP contribution >= 0.6 is 0 Å². The number of hydrogen-bond donors (Lipinski definition) is 3. The zero-order valence-electron chi connectivity index (χ0n) is 19.3. The van der Waals surface area contributed by atoms with Crippen molar-refractivity contribution >= 4 is 16.8 Å². The van der Waals surface area contributed by atoms with E-state index in [4.69, 9.17) is 4.74 Å². The first-order valence-electron chi connectivity index (χ1n) is 11.4. The predicted molar refractivity (Wildman–Crippen MR) is 135 cm³/mol. The van der Waals surface area contributed by atoms with Crippen LogP contribution in [0, 0.1) is 11.8 Å². The Bertz CT molecular complexity index is 1330.